The fourth-order valence-corrected chi connectivity index (χ4v) is 4.26. The molecule has 1 aliphatic heterocycles. The number of hydrogen-bond donors (Lipinski definition) is 1. The Morgan fingerprint density at radius 1 is 1.09 bits per heavy atom. The number of likely N-dealkylation sites (tertiary alicyclic amines) is 1. The second-order valence-corrected chi connectivity index (χ2v) is 8.71. The van der Waals surface area contributed by atoms with Crippen LogP contribution in [-0.2, 0) is 19.7 Å². The van der Waals surface area contributed by atoms with Gasteiger partial charge in [-0.25, -0.2) is 0 Å². The van der Waals surface area contributed by atoms with E-state index in [1.807, 2.05) is 55.5 Å². The number of piperidine rings is 1. The number of aliphatic hydroxyl groups excluding tert-OH is 1. The van der Waals surface area contributed by atoms with E-state index < -0.39 is 0 Å². The standard InChI is InChI=1S/C27H30N2O4/c1-20-14-22(16-28-12-5-8-23(30)17-28)9-10-25(20)26(31)18-29-13-11-24(15-27(29)32)33-19-21-6-3-2-4-7-21/h2-4,6-7,9-11,13-15,23,30H,5,8,12,16-19H2,1H3. The molecule has 0 bridgehead atoms. The minimum Gasteiger partial charge on any atom is -0.489 e. The molecule has 2 aromatic carbocycles. The summed E-state index contributed by atoms with van der Waals surface area (Å²) in [5, 5.41) is 9.87. The third-order valence-electron chi connectivity index (χ3n) is 6.01. The molecule has 1 unspecified atom stereocenters. The van der Waals surface area contributed by atoms with Crippen molar-refractivity contribution < 1.29 is 14.6 Å². The summed E-state index contributed by atoms with van der Waals surface area (Å²) >= 11 is 0. The Labute approximate surface area is 194 Å². The van der Waals surface area contributed by atoms with Gasteiger partial charge in [0.05, 0.1) is 12.6 Å². The third kappa shape index (κ3) is 6.18. The van der Waals surface area contributed by atoms with Gasteiger partial charge in [0.15, 0.2) is 5.78 Å². The maximum atomic E-state index is 12.9. The lowest BCUT2D eigenvalue weighted by Crippen LogP contribution is -2.37. The molecular formula is C27H30N2O4. The van der Waals surface area contributed by atoms with Gasteiger partial charge in [-0.2, -0.15) is 0 Å². The Kier molecular flexibility index (Phi) is 7.37. The van der Waals surface area contributed by atoms with Crippen molar-refractivity contribution in [2.75, 3.05) is 13.1 Å². The van der Waals surface area contributed by atoms with Crippen LogP contribution in [-0.4, -0.2) is 39.6 Å². The zero-order valence-corrected chi connectivity index (χ0v) is 18.9. The van der Waals surface area contributed by atoms with Crippen LogP contribution in [0.2, 0.25) is 0 Å². The lowest BCUT2D eigenvalue weighted by atomic mass is 10.0. The molecule has 33 heavy (non-hydrogen) atoms. The van der Waals surface area contributed by atoms with Gasteiger partial charge < -0.3 is 14.4 Å². The first-order valence-electron chi connectivity index (χ1n) is 11.4. The average Bonchev–Trinajstić information content (AvgIpc) is 2.80. The number of nitrogens with zero attached hydrogens (tertiary/aromatic N) is 2. The highest BCUT2D eigenvalue weighted by Gasteiger charge is 2.18. The number of rotatable bonds is 8. The Morgan fingerprint density at radius 2 is 1.91 bits per heavy atom. The molecule has 6 heteroatoms. The van der Waals surface area contributed by atoms with Crippen LogP contribution in [0.15, 0.2) is 71.7 Å². The van der Waals surface area contributed by atoms with Gasteiger partial charge in [0, 0.05) is 30.9 Å². The summed E-state index contributed by atoms with van der Waals surface area (Å²) in [6.07, 6.45) is 3.21. The lowest BCUT2D eigenvalue weighted by molar-refractivity contribution is 0.0668. The van der Waals surface area contributed by atoms with E-state index in [0.29, 0.717) is 24.5 Å². The van der Waals surface area contributed by atoms with E-state index in [9.17, 15) is 14.7 Å². The zero-order chi connectivity index (χ0) is 23.2. The molecular weight excluding hydrogens is 416 g/mol. The fraction of sp³-hybridized carbons (Fsp3) is 0.333. The molecule has 0 radical (unpaired) electrons. The number of benzene rings is 2. The Morgan fingerprint density at radius 3 is 2.64 bits per heavy atom. The Hall–Kier alpha value is -3.22. The zero-order valence-electron chi connectivity index (χ0n) is 18.9. The van der Waals surface area contributed by atoms with Crippen LogP contribution in [0.5, 0.6) is 5.75 Å². The van der Waals surface area contributed by atoms with Crippen molar-refractivity contribution in [1.82, 2.24) is 9.47 Å². The molecule has 1 atom stereocenters. The number of aryl methyl sites for hydroxylation is 1. The maximum Gasteiger partial charge on any atom is 0.254 e. The summed E-state index contributed by atoms with van der Waals surface area (Å²) < 4.78 is 7.10. The van der Waals surface area contributed by atoms with Crippen LogP contribution in [0.4, 0.5) is 0 Å². The van der Waals surface area contributed by atoms with Gasteiger partial charge >= 0.3 is 0 Å². The summed E-state index contributed by atoms with van der Waals surface area (Å²) in [6, 6.07) is 18.7. The van der Waals surface area contributed by atoms with Crippen LogP contribution in [0.25, 0.3) is 0 Å². The molecule has 0 spiro atoms. The van der Waals surface area contributed by atoms with Gasteiger partial charge in [0.2, 0.25) is 0 Å². The molecule has 1 fully saturated rings. The molecule has 3 aromatic rings. The first-order chi connectivity index (χ1) is 16.0. The van der Waals surface area contributed by atoms with Gasteiger partial charge in [0.1, 0.15) is 12.4 Å². The number of Topliss-reactive ketones (excluding diaryl/α,β-unsaturated/α-hetero) is 1. The monoisotopic (exact) mass is 446 g/mol. The number of ether oxygens (including phenoxy) is 1. The molecule has 1 aliphatic rings. The number of β-amino-alcohol motifs (C(OH)–C–C–N with tert-alkyl or cyclic N) is 1. The van der Waals surface area contributed by atoms with E-state index in [2.05, 4.69) is 4.90 Å². The molecule has 1 N–H and O–H groups in total. The fourth-order valence-electron chi connectivity index (χ4n) is 4.26. The average molecular weight is 447 g/mol. The number of hydrogen-bond acceptors (Lipinski definition) is 5. The summed E-state index contributed by atoms with van der Waals surface area (Å²) in [7, 11) is 0. The number of aliphatic hydroxyl groups is 1. The van der Waals surface area contributed by atoms with E-state index in [1.165, 1.54) is 10.6 Å². The van der Waals surface area contributed by atoms with Crippen molar-refractivity contribution in [3.05, 3.63) is 99.5 Å². The van der Waals surface area contributed by atoms with Crippen molar-refractivity contribution in [1.29, 1.82) is 0 Å². The normalized spacial score (nSPS) is 16.5. The molecule has 0 amide bonds. The smallest absolute Gasteiger partial charge is 0.254 e. The Balaban J connectivity index is 1.37. The molecule has 1 aromatic heterocycles. The SMILES string of the molecule is Cc1cc(CN2CCCC(O)C2)ccc1C(=O)Cn1ccc(OCc2ccccc2)cc1=O. The van der Waals surface area contributed by atoms with Gasteiger partial charge in [-0.1, -0.05) is 48.5 Å². The van der Waals surface area contributed by atoms with Gasteiger partial charge in [0.25, 0.3) is 5.56 Å². The summed E-state index contributed by atoms with van der Waals surface area (Å²) in [6.45, 7) is 4.71. The van der Waals surface area contributed by atoms with Crippen LogP contribution < -0.4 is 10.3 Å². The molecule has 172 valence electrons. The highest BCUT2D eigenvalue weighted by molar-refractivity contribution is 5.97. The number of ketones is 1. The maximum absolute atomic E-state index is 12.9. The predicted octanol–water partition coefficient (Wildman–Crippen LogP) is 3.58. The molecule has 2 heterocycles. The third-order valence-corrected chi connectivity index (χ3v) is 6.01. The van der Waals surface area contributed by atoms with Crippen molar-refractivity contribution >= 4 is 5.78 Å². The first-order valence-corrected chi connectivity index (χ1v) is 11.4. The van der Waals surface area contributed by atoms with E-state index in [-0.39, 0.29) is 24.0 Å². The molecule has 0 saturated carbocycles. The van der Waals surface area contributed by atoms with E-state index in [0.717, 1.165) is 42.6 Å². The summed E-state index contributed by atoms with van der Waals surface area (Å²) in [5.41, 5.74) is 3.38. The quantitative estimate of drug-likeness (QED) is 0.536. The largest absolute Gasteiger partial charge is 0.489 e. The van der Waals surface area contributed by atoms with Crippen LogP contribution in [0, 0.1) is 6.92 Å². The predicted molar refractivity (Wildman–Crippen MR) is 128 cm³/mol. The number of carbonyl (C=O) groups is 1. The minimum atomic E-state index is -0.271. The van der Waals surface area contributed by atoms with Crippen molar-refractivity contribution in [2.45, 2.75) is 45.6 Å². The number of carbonyl (C=O) groups excluding carboxylic acids is 1. The van der Waals surface area contributed by atoms with Crippen LogP contribution in [0.1, 0.15) is 39.9 Å². The molecule has 0 aliphatic carbocycles. The molecule has 4 rings (SSSR count). The topological polar surface area (TPSA) is 71.8 Å². The van der Waals surface area contributed by atoms with Crippen LogP contribution in [0.3, 0.4) is 0 Å². The Bertz CT molecular complexity index is 1160. The summed E-state index contributed by atoms with van der Waals surface area (Å²) in [4.78, 5) is 27.6. The van der Waals surface area contributed by atoms with Crippen LogP contribution >= 0.6 is 0 Å². The van der Waals surface area contributed by atoms with Crippen molar-refractivity contribution in [2.24, 2.45) is 0 Å². The van der Waals surface area contributed by atoms with Gasteiger partial charge in [-0.15, -0.1) is 0 Å². The summed E-state index contributed by atoms with van der Waals surface area (Å²) in [5.74, 6) is 0.378. The van der Waals surface area contributed by atoms with Crippen molar-refractivity contribution in [3.8, 4) is 5.75 Å². The van der Waals surface area contributed by atoms with Gasteiger partial charge in [-0.05, 0) is 49.1 Å². The van der Waals surface area contributed by atoms with Crippen molar-refractivity contribution in [3.63, 3.8) is 0 Å². The second-order valence-electron chi connectivity index (χ2n) is 8.71. The first kappa shape index (κ1) is 23.0. The second kappa shape index (κ2) is 10.6. The molecule has 1 saturated heterocycles. The van der Waals surface area contributed by atoms with E-state index >= 15 is 0 Å². The number of pyridine rings is 1. The highest BCUT2D eigenvalue weighted by Crippen LogP contribution is 2.18. The van der Waals surface area contributed by atoms with E-state index in [1.54, 1.807) is 12.3 Å². The lowest BCUT2D eigenvalue weighted by Gasteiger charge is -2.30. The minimum absolute atomic E-state index is 0.0176. The van der Waals surface area contributed by atoms with Gasteiger partial charge in [-0.3, -0.25) is 14.5 Å². The highest BCUT2D eigenvalue weighted by atomic mass is 16.5. The number of aromatic nitrogens is 1. The van der Waals surface area contributed by atoms with E-state index in [4.69, 9.17) is 4.74 Å². The molecule has 6 nitrogen and oxygen atoms in total.